The van der Waals surface area contributed by atoms with Crippen molar-refractivity contribution in [1.29, 1.82) is 0 Å². The van der Waals surface area contributed by atoms with Gasteiger partial charge in [0.2, 0.25) is 0 Å². The smallest absolute Gasteiger partial charge is 0.132 e. The van der Waals surface area contributed by atoms with E-state index in [1.165, 1.54) is 16.7 Å². The van der Waals surface area contributed by atoms with Gasteiger partial charge in [-0.05, 0) is 48.8 Å². The number of ketones is 1. The molecule has 29 heavy (non-hydrogen) atoms. The zero-order chi connectivity index (χ0) is 20.7. The molecule has 3 aromatic carbocycles. The number of carbonyl (C=O) groups is 1. The number of Topliss-reactive ketones (excluding diaryl/α,β-unsaturated/α-hetero) is 1. The summed E-state index contributed by atoms with van der Waals surface area (Å²) < 4.78 is 0. The fourth-order valence-corrected chi connectivity index (χ4v) is 4.55. The first-order valence-corrected chi connectivity index (χ1v) is 10.7. The highest BCUT2D eigenvalue weighted by Gasteiger charge is 2.38. The summed E-state index contributed by atoms with van der Waals surface area (Å²) in [7, 11) is 0. The Kier molecular flexibility index (Phi) is 7.04. The molecule has 3 rings (SSSR count). The molecule has 0 bridgehead atoms. The van der Waals surface area contributed by atoms with Crippen LogP contribution in [-0.2, 0) is 10.2 Å². The Balaban J connectivity index is 2.16. The van der Waals surface area contributed by atoms with E-state index in [9.17, 15) is 4.79 Å². The molecule has 0 spiro atoms. The molecule has 2 atom stereocenters. The summed E-state index contributed by atoms with van der Waals surface area (Å²) in [4.78, 5) is 12.3. The van der Waals surface area contributed by atoms with E-state index >= 15 is 0 Å². The molecule has 0 N–H and O–H groups in total. The quantitative estimate of drug-likeness (QED) is 0.382. The van der Waals surface area contributed by atoms with E-state index in [0.717, 1.165) is 19.3 Å². The minimum atomic E-state index is -0.204. The van der Waals surface area contributed by atoms with Crippen LogP contribution in [0, 0.1) is 5.92 Å². The number of benzene rings is 3. The molecule has 150 valence electrons. The molecule has 0 aliphatic rings. The van der Waals surface area contributed by atoms with Crippen LogP contribution in [0.5, 0.6) is 0 Å². The summed E-state index contributed by atoms with van der Waals surface area (Å²) in [6.07, 6.45) is 2.87. The lowest BCUT2D eigenvalue weighted by molar-refractivity contribution is -0.120. The van der Waals surface area contributed by atoms with Crippen molar-refractivity contribution in [2.75, 3.05) is 0 Å². The molecular formula is C28H32O. The Morgan fingerprint density at radius 2 is 1.21 bits per heavy atom. The van der Waals surface area contributed by atoms with Gasteiger partial charge in [-0.1, -0.05) is 105 Å². The summed E-state index contributed by atoms with van der Waals surface area (Å²) in [6.45, 7) is 6.07. The van der Waals surface area contributed by atoms with Gasteiger partial charge in [-0.2, -0.15) is 0 Å². The molecule has 0 amide bonds. The van der Waals surface area contributed by atoms with Crippen LogP contribution in [-0.4, -0.2) is 5.78 Å². The standard InChI is InChI=1S/C28H32O/c1-4-24(25-14-8-5-9-15-25)21-28(20-22(2)23(3)29,26-16-10-6-11-17-26)27-18-12-7-13-19-27/h5-19,22,24H,4,20-21H2,1-3H3. The lowest BCUT2D eigenvalue weighted by Gasteiger charge is -2.40. The molecule has 0 aromatic heterocycles. The Bertz CT molecular complexity index is 844. The normalized spacial score (nSPS) is 13.6. The lowest BCUT2D eigenvalue weighted by atomic mass is 9.63. The molecule has 3 aromatic rings. The lowest BCUT2D eigenvalue weighted by Crippen LogP contribution is -2.33. The zero-order valence-corrected chi connectivity index (χ0v) is 17.8. The van der Waals surface area contributed by atoms with E-state index in [0.29, 0.717) is 5.92 Å². The first-order chi connectivity index (χ1) is 14.1. The second kappa shape index (κ2) is 9.69. The molecule has 1 heteroatoms. The van der Waals surface area contributed by atoms with Gasteiger partial charge in [0.05, 0.1) is 0 Å². The summed E-state index contributed by atoms with van der Waals surface area (Å²) in [6, 6.07) is 32.4. The summed E-state index contributed by atoms with van der Waals surface area (Å²) in [5, 5.41) is 0. The van der Waals surface area contributed by atoms with Crippen LogP contribution < -0.4 is 0 Å². The van der Waals surface area contributed by atoms with Crippen LogP contribution in [0.15, 0.2) is 91.0 Å². The number of hydrogen-bond donors (Lipinski definition) is 0. The van der Waals surface area contributed by atoms with Gasteiger partial charge < -0.3 is 0 Å². The molecule has 0 saturated carbocycles. The first kappa shape index (κ1) is 21.0. The molecule has 0 fully saturated rings. The van der Waals surface area contributed by atoms with E-state index < -0.39 is 0 Å². The summed E-state index contributed by atoms with van der Waals surface area (Å²) in [5.41, 5.74) is 3.77. The average molecular weight is 385 g/mol. The highest BCUT2D eigenvalue weighted by Crippen LogP contribution is 2.46. The minimum Gasteiger partial charge on any atom is -0.300 e. The van der Waals surface area contributed by atoms with Crippen molar-refractivity contribution in [3.63, 3.8) is 0 Å². The van der Waals surface area contributed by atoms with Crippen molar-refractivity contribution < 1.29 is 4.79 Å². The maximum absolute atomic E-state index is 12.3. The average Bonchev–Trinajstić information content (AvgIpc) is 2.78. The number of carbonyl (C=O) groups excluding carboxylic acids is 1. The predicted octanol–water partition coefficient (Wildman–Crippen LogP) is 7.17. The van der Waals surface area contributed by atoms with Gasteiger partial charge >= 0.3 is 0 Å². The van der Waals surface area contributed by atoms with Crippen molar-refractivity contribution in [3.05, 3.63) is 108 Å². The van der Waals surface area contributed by atoms with E-state index in [-0.39, 0.29) is 17.1 Å². The molecular weight excluding hydrogens is 352 g/mol. The first-order valence-electron chi connectivity index (χ1n) is 10.7. The number of rotatable bonds is 9. The van der Waals surface area contributed by atoms with Gasteiger partial charge in [-0.15, -0.1) is 0 Å². The van der Waals surface area contributed by atoms with Gasteiger partial charge in [0.25, 0.3) is 0 Å². The van der Waals surface area contributed by atoms with Crippen LogP contribution in [0.25, 0.3) is 0 Å². The molecule has 0 radical (unpaired) electrons. The SMILES string of the molecule is CCC(CC(CC(C)C(C)=O)(c1ccccc1)c1ccccc1)c1ccccc1. The second-order valence-electron chi connectivity index (χ2n) is 8.25. The van der Waals surface area contributed by atoms with Crippen LogP contribution in [0.3, 0.4) is 0 Å². The molecule has 2 unspecified atom stereocenters. The third-order valence-electron chi connectivity index (χ3n) is 6.36. The Hall–Kier alpha value is -2.67. The van der Waals surface area contributed by atoms with Crippen molar-refractivity contribution in [3.8, 4) is 0 Å². The van der Waals surface area contributed by atoms with Crippen molar-refractivity contribution in [2.24, 2.45) is 5.92 Å². The van der Waals surface area contributed by atoms with Crippen LogP contribution in [0.2, 0.25) is 0 Å². The van der Waals surface area contributed by atoms with Crippen LogP contribution in [0.4, 0.5) is 0 Å². The molecule has 1 nitrogen and oxygen atoms in total. The monoisotopic (exact) mass is 384 g/mol. The van der Waals surface area contributed by atoms with Crippen LogP contribution in [0.1, 0.15) is 62.6 Å². The maximum atomic E-state index is 12.3. The fourth-order valence-electron chi connectivity index (χ4n) is 4.55. The predicted molar refractivity (Wildman–Crippen MR) is 122 cm³/mol. The van der Waals surface area contributed by atoms with Gasteiger partial charge in [0.15, 0.2) is 0 Å². The highest BCUT2D eigenvalue weighted by molar-refractivity contribution is 5.78. The highest BCUT2D eigenvalue weighted by atomic mass is 16.1. The topological polar surface area (TPSA) is 17.1 Å². The summed E-state index contributed by atoms with van der Waals surface area (Å²) in [5.74, 6) is 0.688. The fraction of sp³-hybridized carbons (Fsp3) is 0.321. The van der Waals surface area contributed by atoms with E-state index in [1.54, 1.807) is 6.92 Å². The zero-order valence-electron chi connectivity index (χ0n) is 17.8. The Morgan fingerprint density at radius 1 is 0.759 bits per heavy atom. The third kappa shape index (κ3) is 4.85. The third-order valence-corrected chi connectivity index (χ3v) is 6.36. The van der Waals surface area contributed by atoms with Crippen molar-refractivity contribution in [1.82, 2.24) is 0 Å². The van der Waals surface area contributed by atoms with Crippen molar-refractivity contribution in [2.45, 2.75) is 51.4 Å². The molecule has 0 heterocycles. The molecule has 0 aliphatic carbocycles. The Morgan fingerprint density at radius 3 is 1.62 bits per heavy atom. The number of hydrogen-bond acceptors (Lipinski definition) is 1. The van der Waals surface area contributed by atoms with E-state index in [2.05, 4.69) is 105 Å². The van der Waals surface area contributed by atoms with Crippen LogP contribution >= 0.6 is 0 Å². The van der Waals surface area contributed by atoms with Gasteiger partial charge in [-0.3, -0.25) is 4.79 Å². The summed E-state index contributed by atoms with van der Waals surface area (Å²) >= 11 is 0. The maximum Gasteiger partial charge on any atom is 0.132 e. The van der Waals surface area contributed by atoms with E-state index in [4.69, 9.17) is 0 Å². The molecule has 0 saturated heterocycles. The van der Waals surface area contributed by atoms with Gasteiger partial charge in [0.1, 0.15) is 5.78 Å². The minimum absolute atomic E-state index is 0.00342. The van der Waals surface area contributed by atoms with Gasteiger partial charge in [-0.25, -0.2) is 0 Å². The Labute approximate surface area is 175 Å². The van der Waals surface area contributed by atoms with Crippen molar-refractivity contribution >= 4 is 5.78 Å². The molecule has 0 aliphatic heterocycles. The largest absolute Gasteiger partial charge is 0.300 e. The van der Waals surface area contributed by atoms with E-state index in [1.807, 2.05) is 0 Å². The van der Waals surface area contributed by atoms with Gasteiger partial charge in [0, 0.05) is 11.3 Å². The second-order valence-corrected chi connectivity index (χ2v) is 8.25.